The second-order valence-corrected chi connectivity index (χ2v) is 3.38. The van der Waals surface area contributed by atoms with Gasteiger partial charge in [0.25, 0.3) is 0 Å². The van der Waals surface area contributed by atoms with Gasteiger partial charge in [-0.2, -0.15) is 5.10 Å². The Labute approximate surface area is 83.4 Å². The van der Waals surface area contributed by atoms with Crippen LogP contribution in [0.5, 0.6) is 0 Å². The fourth-order valence-corrected chi connectivity index (χ4v) is 1.33. The van der Waals surface area contributed by atoms with Gasteiger partial charge in [-0.25, -0.2) is 0 Å². The van der Waals surface area contributed by atoms with Crippen LogP contribution in [0, 0.1) is 6.92 Å². The van der Waals surface area contributed by atoms with Crippen LogP contribution >= 0.6 is 0 Å². The zero-order valence-electron chi connectivity index (χ0n) is 8.73. The number of hydrogen-bond acceptors (Lipinski definition) is 4. The van der Waals surface area contributed by atoms with Crippen LogP contribution in [0.4, 0.5) is 0 Å². The van der Waals surface area contributed by atoms with Crippen LogP contribution in [-0.4, -0.2) is 39.7 Å². The SMILES string of the molecule is CNCC(O)C(O)c1cnn(C)c1C. The quantitative estimate of drug-likeness (QED) is 0.602. The summed E-state index contributed by atoms with van der Waals surface area (Å²) < 4.78 is 1.67. The zero-order chi connectivity index (χ0) is 10.7. The number of hydrogen-bond donors (Lipinski definition) is 3. The van der Waals surface area contributed by atoms with Crippen molar-refractivity contribution in [2.24, 2.45) is 7.05 Å². The van der Waals surface area contributed by atoms with Crippen LogP contribution in [0.1, 0.15) is 17.4 Å². The van der Waals surface area contributed by atoms with Crippen LogP contribution in [0.15, 0.2) is 6.20 Å². The molecule has 0 saturated carbocycles. The molecule has 1 heterocycles. The Kier molecular flexibility index (Phi) is 3.62. The van der Waals surface area contributed by atoms with Gasteiger partial charge in [-0.1, -0.05) is 0 Å². The molecule has 0 aliphatic rings. The highest BCUT2D eigenvalue weighted by Gasteiger charge is 2.21. The lowest BCUT2D eigenvalue weighted by Crippen LogP contribution is -2.29. The van der Waals surface area contributed by atoms with E-state index in [2.05, 4.69) is 10.4 Å². The standard InChI is InChI=1S/C9H17N3O2/c1-6-7(4-11-12(6)3)9(14)8(13)5-10-2/h4,8-10,13-14H,5H2,1-3H3. The number of nitrogens with one attached hydrogen (secondary N) is 1. The minimum absolute atomic E-state index is 0.357. The largest absolute Gasteiger partial charge is 0.389 e. The summed E-state index contributed by atoms with van der Waals surface area (Å²) in [5, 5.41) is 26.1. The second-order valence-electron chi connectivity index (χ2n) is 3.38. The molecule has 1 aromatic heterocycles. The maximum atomic E-state index is 9.77. The molecular weight excluding hydrogens is 182 g/mol. The van der Waals surface area contributed by atoms with Crippen LogP contribution in [0.25, 0.3) is 0 Å². The first-order valence-electron chi connectivity index (χ1n) is 4.57. The van der Waals surface area contributed by atoms with Crippen molar-refractivity contribution in [3.63, 3.8) is 0 Å². The van der Waals surface area contributed by atoms with Gasteiger partial charge in [0.1, 0.15) is 6.10 Å². The third kappa shape index (κ3) is 2.12. The van der Waals surface area contributed by atoms with Gasteiger partial charge in [0.05, 0.1) is 12.3 Å². The number of likely N-dealkylation sites (N-methyl/N-ethyl adjacent to an activating group) is 1. The van der Waals surface area contributed by atoms with Gasteiger partial charge < -0.3 is 15.5 Å². The van der Waals surface area contributed by atoms with Gasteiger partial charge in [0, 0.05) is 24.8 Å². The highest BCUT2D eigenvalue weighted by molar-refractivity contribution is 5.19. The second kappa shape index (κ2) is 4.54. The summed E-state index contributed by atoms with van der Waals surface area (Å²) in [6, 6.07) is 0. The Balaban J connectivity index is 2.78. The highest BCUT2D eigenvalue weighted by atomic mass is 16.3. The summed E-state index contributed by atoms with van der Waals surface area (Å²) in [6.07, 6.45) is -0.0992. The van der Waals surface area contributed by atoms with Crippen LogP contribution in [-0.2, 0) is 7.05 Å². The topological polar surface area (TPSA) is 70.3 Å². The van der Waals surface area contributed by atoms with Crippen molar-refractivity contribution in [2.75, 3.05) is 13.6 Å². The van der Waals surface area contributed by atoms with Crippen molar-refractivity contribution in [3.8, 4) is 0 Å². The van der Waals surface area contributed by atoms with Gasteiger partial charge >= 0.3 is 0 Å². The van der Waals surface area contributed by atoms with Gasteiger partial charge in [0.2, 0.25) is 0 Å². The van der Waals surface area contributed by atoms with Gasteiger partial charge in [-0.15, -0.1) is 0 Å². The molecule has 2 unspecified atom stereocenters. The number of aliphatic hydroxyl groups excluding tert-OH is 2. The van der Waals surface area contributed by atoms with Crippen molar-refractivity contribution < 1.29 is 10.2 Å². The van der Waals surface area contributed by atoms with Crippen LogP contribution in [0.2, 0.25) is 0 Å². The van der Waals surface area contributed by atoms with E-state index in [0.717, 1.165) is 5.69 Å². The van der Waals surface area contributed by atoms with E-state index in [1.807, 2.05) is 6.92 Å². The van der Waals surface area contributed by atoms with Crippen LogP contribution < -0.4 is 5.32 Å². The number of aromatic nitrogens is 2. The lowest BCUT2D eigenvalue weighted by molar-refractivity contribution is 0.0198. The van der Waals surface area contributed by atoms with E-state index < -0.39 is 12.2 Å². The molecule has 14 heavy (non-hydrogen) atoms. The molecule has 2 atom stereocenters. The normalized spacial score (nSPS) is 15.5. The van der Waals surface area contributed by atoms with E-state index in [-0.39, 0.29) is 0 Å². The molecular formula is C9H17N3O2. The third-order valence-electron chi connectivity index (χ3n) is 2.37. The number of nitrogens with zero attached hydrogens (tertiary/aromatic N) is 2. The Bertz CT molecular complexity index is 298. The van der Waals surface area contributed by atoms with Crippen molar-refractivity contribution in [2.45, 2.75) is 19.1 Å². The monoisotopic (exact) mass is 199 g/mol. The molecule has 3 N–H and O–H groups in total. The molecule has 1 aromatic rings. The molecule has 0 bridgehead atoms. The van der Waals surface area contributed by atoms with E-state index in [0.29, 0.717) is 12.1 Å². The van der Waals surface area contributed by atoms with E-state index in [4.69, 9.17) is 0 Å². The van der Waals surface area contributed by atoms with Gasteiger partial charge in [-0.05, 0) is 14.0 Å². The summed E-state index contributed by atoms with van der Waals surface area (Å²) in [4.78, 5) is 0. The molecule has 0 aromatic carbocycles. The lowest BCUT2D eigenvalue weighted by atomic mass is 10.1. The summed E-state index contributed by atoms with van der Waals surface area (Å²) in [5.74, 6) is 0. The lowest BCUT2D eigenvalue weighted by Gasteiger charge is -2.16. The predicted octanol–water partition coefficient (Wildman–Crippen LogP) is -0.658. The molecule has 1 rings (SSSR count). The van der Waals surface area contributed by atoms with Crippen molar-refractivity contribution >= 4 is 0 Å². The summed E-state index contributed by atoms with van der Waals surface area (Å²) in [6.45, 7) is 2.22. The Morgan fingerprint density at radius 1 is 1.57 bits per heavy atom. The molecule has 0 saturated heterocycles. The zero-order valence-corrected chi connectivity index (χ0v) is 8.73. The average Bonchev–Trinajstić information content (AvgIpc) is 2.47. The van der Waals surface area contributed by atoms with E-state index >= 15 is 0 Å². The van der Waals surface area contributed by atoms with Crippen LogP contribution in [0.3, 0.4) is 0 Å². The van der Waals surface area contributed by atoms with Crippen molar-refractivity contribution in [3.05, 3.63) is 17.5 Å². The average molecular weight is 199 g/mol. The first kappa shape index (κ1) is 11.2. The van der Waals surface area contributed by atoms with Gasteiger partial charge in [0.15, 0.2) is 0 Å². The molecule has 0 aliphatic carbocycles. The number of aliphatic hydroxyl groups is 2. The summed E-state index contributed by atoms with van der Waals surface area (Å²) in [5.41, 5.74) is 1.54. The molecule has 0 fully saturated rings. The smallest absolute Gasteiger partial charge is 0.109 e. The Hall–Kier alpha value is -0.910. The Morgan fingerprint density at radius 2 is 2.21 bits per heavy atom. The fraction of sp³-hybridized carbons (Fsp3) is 0.667. The first-order valence-corrected chi connectivity index (χ1v) is 4.57. The first-order chi connectivity index (χ1) is 6.57. The Morgan fingerprint density at radius 3 is 2.64 bits per heavy atom. The molecule has 0 aliphatic heterocycles. The minimum atomic E-state index is -0.879. The molecule has 80 valence electrons. The van der Waals surface area contributed by atoms with E-state index in [9.17, 15) is 10.2 Å². The maximum Gasteiger partial charge on any atom is 0.109 e. The van der Waals surface area contributed by atoms with E-state index in [1.165, 1.54) is 0 Å². The summed E-state index contributed by atoms with van der Waals surface area (Å²) >= 11 is 0. The molecule has 0 radical (unpaired) electrons. The number of aryl methyl sites for hydroxylation is 1. The maximum absolute atomic E-state index is 9.77. The highest BCUT2D eigenvalue weighted by Crippen LogP contribution is 2.19. The molecule has 5 nitrogen and oxygen atoms in total. The summed E-state index contributed by atoms with van der Waals surface area (Å²) in [7, 11) is 3.53. The third-order valence-corrected chi connectivity index (χ3v) is 2.37. The number of rotatable bonds is 4. The van der Waals surface area contributed by atoms with E-state index in [1.54, 1.807) is 25.0 Å². The molecule has 5 heteroatoms. The minimum Gasteiger partial charge on any atom is -0.389 e. The van der Waals surface area contributed by atoms with Crippen molar-refractivity contribution in [1.29, 1.82) is 0 Å². The molecule has 0 amide bonds. The fourth-order valence-electron chi connectivity index (χ4n) is 1.33. The van der Waals surface area contributed by atoms with Gasteiger partial charge in [-0.3, -0.25) is 4.68 Å². The predicted molar refractivity (Wildman–Crippen MR) is 52.8 cm³/mol. The van der Waals surface area contributed by atoms with Crippen molar-refractivity contribution in [1.82, 2.24) is 15.1 Å². The molecule has 0 spiro atoms.